The SMILES string of the molecule is CN=C(NCc1ncc(-c2ccc(C)cc2)o1)N1CC2CCCCC2C1.I. The molecule has 4 rings (SSSR count). The first-order valence-electron chi connectivity index (χ1n) is 9.70. The number of guanidine groups is 1. The van der Waals surface area contributed by atoms with Gasteiger partial charge in [0.25, 0.3) is 0 Å². The van der Waals surface area contributed by atoms with Crippen LogP contribution < -0.4 is 5.32 Å². The second kappa shape index (κ2) is 9.08. The fraction of sp³-hybridized carbons (Fsp3) is 0.524. The number of rotatable bonds is 3. The van der Waals surface area contributed by atoms with Crippen molar-refractivity contribution in [2.45, 2.75) is 39.2 Å². The molecule has 1 aliphatic carbocycles. The van der Waals surface area contributed by atoms with E-state index in [-0.39, 0.29) is 24.0 Å². The Morgan fingerprint density at radius 1 is 1.19 bits per heavy atom. The van der Waals surface area contributed by atoms with Crippen LogP contribution in [-0.4, -0.2) is 36.0 Å². The molecule has 0 amide bonds. The molecule has 0 radical (unpaired) electrons. The fourth-order valence-electron chi connectivity index (χ4n) is 4.31. The van der Waals surface area contributed by atoms with Crippen LogP contribution in [0.2, 0.25) is 0 Å². The van der Waals surface area contributed by atoms with Gasteiger partial charge in [0.15, 0.2) is 11.7 Å². The molecule has 146 valence electrons. The number of oxazole rings is 1. The molecule has 2 aliphatic rings. The number of aryl methyl sites for hydroxylation is 1. The monoisotopic (exact) mass is 480 g/mol. The molecule has 27 heavy (non-hydrogen) atoms. The molecule has 1 aliphatic heterocycles. The minimum atomic E-state index is 0. The highest BCUT2D eigenvalue weighted by atomic mass is 127. The Morgan fingerprint density at radius 2 is 1.85 bits per heavy atom. The summed E-state index contributed by atoms with van der Waals surface area (Å²) in [5.41, 5.74) is 2.30. The molecule has 2 aromatic rings. The summed E-state index contributed by atoms with van der Waals surface area (Å²) in [7, 11) is 1.86. The van der Waals surface area contributed by atoms with Gasteiger partial charge in [-0.3, -0.25) is 4.99 Å². The summed E-state index contributed by atoms with van der Waals surface area (Å²) in [5, 5.41) is 3.43. The zero-order chi connectivity index (χ0) is 17.9. The molecule has 2 heterocycles. The molecule has 2 atom stereocenters. The standard InChI is InChI=1S/C21H28N4O.HI/c1-15-7-9-16(10-8-15)19-11-23-20(26-19)12-24-21(22-2)25-13-17-5-3-4-6-18(17)14-25;/h7-11,17-18H,3-6,12-14H2,1-2H3,(H,22,24);1H. The average Bonchev–Trinajstić information content (AvgIpc) is 3.30. The molecule has 1 saturated carbocycles. The number of aliphatic imine (C=N–C) groups is 1. The van der Waals surface area contributed by atoms with Gasteiger partial charge in [-0.05, 0) is 31.6 Å². The number of hydrogen-bond acceptors (Lipinski definition) is 3. The average molecular weight is 480 g/mol. The van der Waals surface area contributed by atoms with Crippen molar-refractivity contribution in [3.8, 4) is 11.3 Å². The number of benzene rings is 1. The lowest BCUT2D eigenvalue weighted by atomic mass is 9.82. The van der Waals surface area contributed by atoms with Crippen LogP contribution in [0.5, 0.6) is 0 Å². The third kappa shape index (κ3) is 4.65. The van der Waals surface area contributed by atoms with Gasteiger partial charge in [-0.2, -0.15) is 0 Å². The molecule has 2 unspecified atom stereocenters. The van der Waals surface area contributed by atoms with Crippen molar-refractivity contribution in [2.24, 2.45) is 16.8 Å². The molecule has 2 fully saturated rings. The van der Waals surface area contributed by atoms with Crippen LogP contribution in [0.3, 0.4) is 0 Å². The number of nitrogens with one attached hydrogen (secondary N) is 1. The molecule has 0 spiro atoms. The van der Waals surface area contributed by atoms with Crippen molar-refractivity contribution >= 4 is 29.9 Å². The molecule has 6 heteroatoms. The predicted molar refractivity (Wildman–Crippen MR) is 119 cm³/mol. The lowest BCUT2D eigenvalue weighted by Crippen LogP contribution is -2.39. The first-order chi connectivity index (χ1) is 12.7. The molecule has 0 bridgehead atoms. The number of aromatic nitrogens is 1. The number of fused-ring (bicyclic) bond motifs is 1. The molecule has 1 N–H and O–H groups in total. The van der Waals surface area contributed by atoms with Crippen molar-refractivity contribution in [3.63, 3.8) is 0 Å². The maximum atomic E-state index is 5.91. The van der Waals surface area contributed by atoms with Crippen molar-refractivity contribution < 1.29 is 4.42 Å². The van der Waals surface area contributed by atoms with Gasteiger partial charge in [0.05, 0.1) is 12.7 Å². The Bertz CT molecular complexity index is 757. The second-order valence-corrected chi connectivity index (χ2v) is 7.59. The van der Waals surface area contributed by atoms with Crippen LogP contribution in [0.4, 0.5) is 0 Å². The highest BCUT2D eigenvalue weighted by Crippen LogP contribution is 2.36. The third-order valence-electron chi connectivity index (χ3n) is 5.78. The van der Waals surface area contributed by atoms with E-state index in [4.69, 9.17) is 4.42 Å². The summed E-state index contributed by atoms with van der Waals surface area (Å²) in [6.45, 7) is 4.90. The van der Waals surface area contributed by atoms with E-state index in [1.807, 2.05) is 7.05 Å². The van der Waals surface area contributed by atoms with E-state index in [9.17, 15) is 0 Å². The zero-order valence-corrected chi connectivity index (χ0v) is 18.5. The van der Waals surface area contributed by atoms with Gasteiger partial charge in [-0.1, -0.05) is 42.7 Å². The summed E-state index contributed by atoms with van der Waals surface area (Å²) in [5.74, 6) is 4.16. The van der Waals surface area contributed by atoms with E-state index in [1.54, 1.807) is 6.20 Å². The van der Waals surface area contributed by atoms with Crippen LogP contribution in [0.1, 0.15) is 37.1 Å². The summed E-state index contributed by atoms with van der Waals surface area (Å²) in [6.07, 6.45) is 7.32. The van der Waals surface area contributed by atoms with E-state index < -0.39 is 0 Å². The first kappa shape index (κ1) is 20.2. The van der Waals surface area contributed by atoms with Gasteiger partial charge in [0.2, 0.25) is 5.89 Å². The van der Waals surface area contributed by atoms with E-state index in [2.05, 4.69) is 51.4 Å². The predicted octanol–water partition coefficient (Wildman–Crippen LogP) is 4.47. The van der Waals surface area contributed by atoms with Crippen LogP contribution >= 0.6 is 24.0 Å². The van der Waals surface area contributed by atoms with Crippen molar-refractivity contribution in [3.05, 3.63) is 41.9 Å². The molecule has 1 aromatic carbocycles. The number of nitrogens with zero attached hydrogens (tertiary/aromatic N) is 3. The Balaban J connectivity index is 0.00000210. The molecular formula is C21H29IN4O. The summed E-state index contributed by atoms with van der Waals surface area (Å²) >= 11 is 0. The Morgan fingerprint density at radius 3 is 2.48 bits per heavy atom. The fourth-order valence-corrected chi connectivity index (χ4v) is 4.31. The highest BCUT2D eigenvalue weighted by Gasteiger charge is 2.35. The van der Waals surface area contributed by atoms with Gasteiger partial charge >= 0.3 is 0 Å². The lowest BCUT2D eigenvalue weighted by Gasteiger charge is -2.22. The lowest BCUT2D eigenvalue weighted by molar-refractivity contribution is 0.299. The van der Waals surface area contributed by atoms with Crippen LogP contribution in [0.15, 0.2) is 39.9 Å². The van der Waals surface area contributed by atoms with Gasteiger partial charge < -0.3 is 14.6 Å². The summed E-state index contributed by atoms with van der Waals surface area (Å²) < 4.78 is 5.91. The topological polar surface area (TPSA) is 53.7 Å². The minimum Gasteiger partial charge on any atom is -0.439 e. The Hall–Kier alpha value is -1.57. The van der Waals surface area contributed by atoms with Crippen molar-refractivity contribution in [1.82, 2.24) is 15.2 Å². The number of hydrogen-bond donors (Lipinski definition) is 1. The van der Waals surface area contributed by atoms with E-state index >= 15 is 0 Å². The Kier molecular flexibility index (Phi) is 6.78. The maximum absolute atomic E-state index is 5.91. The van der Waals surface area contributed by atoms with Crippen LogP contribution in [0.25, 0.3) is 11.3 Å². The third-order valence-corrected chi connectivity index (χ3v) is 5.78. The quantitative estimate of drug-likeness (QED) is 0.401. The normalized spacial score (nSPS) is 22.3. The van der Waals surface area contributed by atoms with Gasteiger partial charge in [-0.25, -0.2) is 4.98 Å². The van der Waals surface area contributed by atoms with Crippen LogP contribution in [0, 0.1) is 18.8 Å². The zero-order valence-electron chi connectivity index (χ0n) is 16.1. The maximum Gasteiger partial charge on any atom is 0.214 e. The summed E-state index contributed by atoms with van der Waals surface area (Å²) in [6, 6.07) is 8.31. The van der Waals surface area contributed by atoms with Crippen molar-refractivity contribution in [2.75, 3.05) is 20.1 Å². The number of halogens is 1. The number of likely N-dealkylation sites (tertiary alicyclic amines) is 1. The summed E-state index contributed by atoms with van der Waals surface area (Å²) in [4.78, 5) is 11.3. The molecule has 1 aromatic heterocycles. The molecule has 5 nitrogen and oxygen atoms in total. The highest BCUT2D eigenvalue weighted by molar-refractivity contribution is 14.0. The molecule has 1 saturated heterocycles. The van der Waals surface area contributed by atoms with E-state index in [0.29, 0.717) is 12.4 Å². The van der Waals surface area contributed by atoms with Gasteiger partial charge in [0, 0.05) is 25.7 Å². The van der Waals surface area contributed by atoms with Crippen LogP contribution in [-0.2, 0) is 6.54 Å². The largest absolute Gasteiger partial charge is 0.439 e. The first-order valence-corrected chi connectivity index (χ1v) is 9.70. The Labute approximate surface area is 178 Å². The van der Waals surface area contributed by atoms with E-state index in [1.165, 1.54) is 31.2 Å². The smallest absolute Gasteiger partial charge is 0.214 e. The molecular weight excluding hydrogens is 451 g/mol. The second-order valence-electron chi connectivity index (χ2n) is 7.59. The van der Waals surface area contributed by atoms with E-state index in [0.717, 1.165) is 42.2 Å². The minimum absolute atomic E-state index is 0. The van der Waals surface area contributed by atoms with Gasteiger partial charge in [-0.15, -0.1) is 24.0 Å². The van der Waals surface area contributed by atoms with Gasteiger partial charge in [0.1, 0.15) is 0 Å². The van der Waals surface area contributed by atoms with Crippen molar-refractivity contribution in [1.29, 1.82) is 0 Å².